The highest BCUT2D eigenvalue weighted by molar-refractivity contribution is 5.66. The molecule has 7 nitrogen and oxygen atoms in total. The van der Waals surface area contributed by atoms with Gasteiger partial charge in [-0.15, -0.1) is 5.10 Å². The largest absolute Gasteiger partial charge is 0.480 e. The summed E-state index contributed by atoms with van der Waals surface area (Å²) in [6.45, 7) is 5.65. The number of hydrogen-bond acceptors (Lipinski definition) is 5. The summed E-state index contributed by atoms with van der Waals surface area (Å²) in [5.74, 6) is -0.577. The molecule has 0 aromatic carbocycles. The Morgan fingerprint density at radius 3 is 2.73 bits per heavy atom. The van der Waals surface area contributed by atoms with Crippen molar-refractivity contribution in [3.8, 4) is 0 Å². The van der Waals surface area contributed by atoms with Gasteiger partial charge in [0.25, 0.3) is 0 Å². The minimum Gasteiger partial charge on any atom is -0.480 e. The fourth-order valence-electron chi connectivity index (χ4n) is 0.859. The number of carboxylic acids is 1. The van der Waals surface area contributed by atoms with E-state index in [2.05, 4.69) is 15.5 Å². The van der Waals surface area contributed by atoms with Gasteiger partial charge in [-0.25, -0.2) is 4.68 Å². The van der Waals surface area contributed by atoms with Crippen molar-refractivity contribution in [3.05, 3.63) is 5.82 Å². The Morgan fingerprint density at radius 2 is 2.20 bits per heavy atom. The van der Waals surface area contributed by atoms with Gasteiger partial charge >= 0.3 is 5.97 Å². The standard InChI is InChI=1S/C8H14N4O3/c1-8(2,3)15-5-6-9-10-11-12(6)4-7(13)14/h4-5H2,1-3H3,(H,13,14). The summed E-state index contributed by atoms with van der Waals surface area (Å²) < 4.78 is 6.64. The van der Waals surface area contributed by atoms with Crippen molar-refractivity contribution in [2.75, 3.05) is 0 Å². The quantitative estimate of drug-likeness (QED) is 0.762. The normalized spacial score (nSPS) is 11.7. The molecule has 0 fully saturated rings. The number of ether oxygens (including phenoxy) is 1. The van der Waals surface area contributed by atoms with Crippen molar-refractivity contribution in [1.82, 2.24) is 20.2 Å². The van der Waals surface area contributed by atoms with Crippen molar-refractivity contribution >= 4 is 5.97 Å². The Kier molecular flexibility index (Phi) is 3.35. The lowest BCUT2D eigenvalue weighted by Crippen LogP contribution is -2.21. The van der Waals surface area contributed by atoms with E-state index in [0.717, 1.165) is 0 Å². The Labute approximate surface area is 87.0 Å². The molecule has 0 aliphatic rings. The van der Waals surface area contributed by atoms with E-state index in [9.17, 15) is 4.79 Å². The van der Waals surface area contributed by atoms with E-state index in [1.54, 1.807) is 0 Å². The van der Waals surface area contributed by atoms with E-state index in [-0.39, 0.29) is 18.8 Å². The number of aromatic nitrogens is 4. The van der Waals surface area contributed by atoms with Gasteiger partial charge in [0, 0.05) is 0 Å². The molecule has 1 heterocycles. The van der Waals surface area contributed by atoms with Crippen LogP contribution in [0.1, 0.15) is 26.6 Å². The summed E-state index contributed by atoms with van der Waals surface area (Å²) in [6, 6.07) is 0. The van der Waals surface area contributed by atoms with Crippen LogP contribution in [-0.2, 0) is 22.7 Å². The molecule has 0 unspecified atom stereocenters. The van der Waals surface area contributed by atoms with Gasteiger partial charge in [-0.3, -0.25) is 4.79 Å². The lowest BCUT2D eigenvalue weighted by molar-refractivity contribution is -0.138. The summed E-state index contributed by atoms with van der Waals surface area (Å²) in [5, 5.41) is 19.2. The van der Waals surface area contributed by atoms with E-state index >= 15 is 0 Å². The minimum atomic E-state index is -0.987. The van der Waals surface area contributed by atoms with Gasteiger partial charge in [-0.1, -0.05) is 0 Å². The maximum Gasteiger partial charge on any atom is 0.325 e. The van der Waals surface area contributed by atoms with E-state index in [1.807, 2.05) is 20.8 Å². The van der Waals surface area contributed by atoms with Crippen LogP contribution in [0.2, 0.25) is 0 Å². The van der Waals surface area contributed by atoms with Crippen molar-refractivity contribution < 1.29 is 14.6 Å². The lowest BCUT2D eigenvalue weighted by Gasteiger charge is -2.18. The molecule has 0 saturated carbocycles. The number of nitrogens with zero attached hydrogens (tertiary/aromatic N) is 4. The average molecular weight is 214 g/mol. The maximum atomic E-state index is 10.5. The number of aliphatic carboxylic acids is 1. The SMILES string of the molecule is CC(C)(C)OCc1nnnn1CC(=O)O. The van der Waals surface area contributed by atoms with E-state index in [4.69, 9.17) is 9.84 Å². The number of rotatable bonds is 4. The predicted molar refractivity (Wildman–Crippen MR) is 50.0 cm³/mol. The van der Waals surface area contributed by atoms with Gasteiger partial charge in [0.15, 0.2) is 5.82 Å². The number of hydrogen-bond donors (Lipinski definition) is 1. The zero-order chi connectivity index (χ0) is 11.5. The fourth-order valence-corrected chi connectivity index (χ4v) is 0.859. The van der Waals surface area contributed by atoms with Crippen LogP contribution in [-0.4, -0.2) is 36.9 Å². The lowest BCUT2D eigenvalue weighted by atomic mass is 10.2. The van der Waals surface area contributed by atoms with Gasteiger partial charge in [-0.2, -0.15) is 0 Å². The van der Waals surface area contributed by atoms with Crippen LogP contribution < -0.4 is 0 Å². The second-order valence-corrected chi connectivity index (χ2v) is 4.05. The molecule has 15 heavy (non-hydrogen) atoms. The first-order valence-corrected chi connectivity index (χ1v) is 4.49. The predicted octanol–water partition coefficient (Wildman–Crippen LogP) is 0.0728. The van der Waals surface area contributed by atoms with Crippen LogP contribution >= 0.6 is 0 Å². The molecule has 84 valence electrons. The summed E-state index contributed by atoms with van der Waals surface area (Å²) in [7, 11) is 0. The van der Waals surface area contributed by atoms with Crippen LogP contribution in [0.25, 0.3) is 0 Å². The summed E-state index contributed by atoms with van der Waals surface area (Å²) in [6.07, 6.45) is 0. The third-order valence-corrected chi connectivity index (χ3v) is 1.53. The van der Waals surface area contributed by atoms with Crippen LogP contribution in [0.15, 0.2) is 0 Å². The molecule has 1 N–H and O–H groups in total. The summed E-state index contributed by atoms with van der Waals surface area (Å²) in [4.78, 5) is 10.5. The van der Waals surface area contributed by atoms with Crippen LogP contribution in [0.3, 0.4) is 0 Å². The molecule has 0 aliphatic carbocycles. The third kappa shape index (κ3) is 4.03. The topological polar surface area (TPSA) is 90.1 Å². The molecule has 7 heteroatoms. The van der Waals surface area contributed by atoms with E-state index in [0.29, 0.717) is 5.82 Å². The second kappa shape index (κ2) is 4.35. The van der Waals surface area contributed by atoms with Gasteiger partial charge < -0.3 is 9.84 Å². The number of carbonyl (C=O) groups is 1. The second-order valence-electron chi connectivity index (χ2n) is 4.05. The minimum absolute atomic E-state index is 0.198. The molecular formula is C8H14N4O3. The first kappa shape index (κ1) is 11.6. The number of tetrazole rings is 1. The highest BCUT2D eigenvalue weighted by atomic mass is 16.5. The molecule has 0 aliphatic heterocycles. The Hall–Kier alpha value is -1.50. The molecule has 0 amide bonds. The Morgan fingerprint density at radius 1 is 1.53 bits per heavy atom. The molecular weight excluding hydrogens is 200 g/mol. The van der Waals surface area contributed by atoms with Crippen molar-refractivity contribution in [3.63, 3.8) is 0 Å². The van der Waals surface area contributed by atoms with Crippen LogP contribution in [0.5, 0.6) is 0 Å². The van der Waals surface area contributed by atoms with Gasteiger partial charge in [-0.05, 0) is 31.2 Å². The molecule has 0 bridgehead atoms. The number of carboxylic acid groups (broad SMARTS) is 1. The molecule has 0 saturated heterocycles. The maximum absolute atomic E-state index is 10.5. The zero-order valence-electron chi connectivity index (χ0n) is 8.97. The first-order valence-electron chi connectivity index (χ1n) is 4.49. The molecule has 1 aromatic rings. The van der Waals surface area contributed by atoms with Crippen molar-refractivity contribution in [1.29, 1.82) is 0 Å². The van der Waals surface area contributed by atoms with Gasteiger partial charge in [0.05, 0.1) is 5.60 Å². The van der Waals surface area contributed by atoms with Gasteiger partial charge in [0.1, 0.15) is 13.2 Å². The summed E-state index contributed by atoms with van der Waals surface area (Å²) in [5.41, 5.74) is -0.306. The zero-order valence-corrected chi connectivity index (χ0v) is 8.97. The monoisotopic (exact) mass is 214 g/mol. The third-order valence-electron chi connectivity index (χ3n) is 1.53. The summed E-state index contributed by atoms with van der Waals surface area (Å²) >= 11 is 0. The molecule has 1 aromatic heterocycles. The average Bonchev–Trinajstić information content (AvgIpc) is 2.46. The van der Waals surface area contributed by atoms with E-state index < -0.39 is 5.97 Å². The van der Waals surface area contributed by atoms with Crippen molar-refractivity contribution in [2.45, 2.75) is 39.5 Å². The fraction of sp³-hybridized carbons (Fsp3) is 0.750. The molecule has 0 atom stereocenters. The Balaban J connectivity index is 2.61. The smallest absolute Gasteiger partial charge is 0.325 e. The van der Waals surface area contributed by atoms with Crippen LogP contribution in [0.4, 0.5) is 0 Å². The van der Waals surface area contributed by atoms with Crippen molar-refractivity contribution in [2.24, 2.45) is 0 Å². The highest BCUT2D eigenvalue weighted by Gasteiger charge is 2.14. The molecule has 1 rings (SSSR count). The van der Waals surface area contributed by atoms with Crippen LogP contribution in [0, 0.1) is 0 Å². The van der Waals surface area contributed by atoms with Gasteiger partial charge in [0.2, 0.25) is 0 Å². The highest BCUT2D eigenvalue weighted by Crippen LogP contribution is 2.09. The first-order chi connectivity index (χ1) is 6.88. The molecule has 0 radical (unpaired) electrons. The Bertz CT molecular complexity index is 342. The van der Waals surface area contributed by atoms with E-state index in [1.165, 1.54) is 4.68 Å². The molecule has 0 spiro atoms.